The highest BCUT2D eigenvalue weighted by Crippen LogP contribution is 2.38. The number of β-lactam (4-membered cyclic amide) rings is 1. The molecule has 0 spiro atoms. The zero-order valence-corrected chi connectivity index (χ0v) is 20.0. The van der Waals surface area contributed by atoms with Gasteiger partial charge in [-0.1, -0.05) is 5.16 Å². The number of benzene rings is 1. The quantitative estimate of drug-likeness (QED) is 0.176. The summed E-state index contributed by atoms with van der Waals surface area (Å²) >= 11 is 2.86. The van der Waals surface area contributed by atoms with Crippen LogP contribution < -0.4 is 5.32 Å². The molecule has 2 amide bonds. The fraction of sp³-hybridized carbons (Fsp3) is 0.333. The third kappa shape index (κ3) is 5.27. The van der Waals surface area contributed by atoms with Gasteiger partial charge >= 0.3 is 5.97 Å². The molecular formula is C21H20N4O8S2. The molecule has 0 saturated carbocycles. The van der Waals surface area contributed by atoms with Gasteiger partial charge in [0, 0.05) is 29.0 Å². The number of amides is 2. The predicted octanol–water partition coefficient (Wildman–Crippen LogP) is 1.53. The van der Waals surface area contributed by atoms with E-state index in [2.05, 4.69) is 10.5 Å². The summed E-state index contributed by atoms with van der Waals surface area (Å²) in [6.45, 7) is 0.301. The number of carbonyl (C=O) groups excluding carboxylic acids is 3. The van der Waals surface area contributed by atoms with Crippen molar-refractivity contribution in [3.63, 3.8) is 0 Å². The summed E-state index contributed by atoms with van der Waals surface area (Å²) < 4.78 is 10.8. The number of carbonyl (C=O) groups is 3. The molecule has 35 heavy (non-hydrogen) atoms. The minimum atomic E-state index is -0.863. The van der Waals surface area contributed by atoms with Crippen molar-refractivity contribution >= 4 is 52.7 Å². The lowest BCUT2D eigenvalue weighted by Crippen LogP contribution is -2.70. The smallest absolute Gasteiger partial charge is 0.355 e. The van der Waals surface area contributed by atoms with Crippen LogP contribution in [0.3, 0.4) is 0 Å². The van der Waals surface area contributed by atoms with Crippen molar-refractivity contribution in [1.29, 1.82) is 0 Å². The van der Waals surface area contributed by atoms with Gasteiger partial charge in [-0.3, -0.25) is 24.6 Å². The zero-order chi connectivity index (χ0) is 24.9. The van der Waals surface area contributed by atoms with Gasteiger partial charge in [-0.05, 0) is 23.8 Å². The topological polar surface area (TPSA) is 150 Å². The number of hydrogen-bond acceptors (Lipinski definition) is 11. The van der Waals surface area contributed by atoms with Crippen molar-refractivity contribution in [3.8, 4) is 0 Å². The molecule has 0 radical (unpaired) electrons. The van der Waals surface area contributed by atoms with Crippen LogP contribution in [0.15, 0.2) is 52.4 Å². The lowest BCUT2D eigenvalue weighted by Gasteiger charge is -2.48. The van der Waals surface area contributed by atoms with E-state index in [-0.39, 0.29) is 29.5 Å². The third-order valence-electron chi connectivity index (χ3n) is 5.14. The summed E-state index contributed by atoms with van der Waals surface area (Å²) in [6.07, 6.45) is 1.59. The predicted molar refractivity (Wildman–Crippen MR) is 127 cm³/mol. The molecule has 14 heteroatoms. The van der Waals surface area contributed by atoms with E-state index in [0.717, 1.165) is 5.75 Å². The van der Waals surface area contributed by atoms with Gasteiger partial charge in [0.2, 0.25) is 5.71 Å². The second-order valence-electron chi connectivity index (χ2n) is 7.30. The van der Waals surface area contributed by atoms with Crippen molar-refractivity contribution in [1.82, 2.24) is 10.2 Å². The van der Waals surface area contributed by atoms with Crippen LogP contribution in [-0.4, -0.2) is 70.0 Å². The van der Waals surface area contributed by atoms with Crippen LogP contribution in [0, 0.1) is 10.1 Å². The highest BCUT2D eigenvalue weighted by molar-refractivity contribution is 8.02. The fourth-order valence-corrected chi connectivity index (χ4v) is 5.28. The van der Waals surface area contributed by atoms with Crippen molar-refractivity contribution < 1.29 is 33.6 Å². The number of oxime groups is 1. The Hall–Kier alpha value is -3.52. The summed E-state index contributed by atoms with van der Waals surface area (Å²) in [4.78, 5) is 54.6. The number of rotatable bonds is 8. The van der Waals surface area contributed by atoms with Crippen LogP contribution in [0.4, 0.5) is 5.69 Å². The molecular weight excluding hydrogens is 500 g/mol. The number of fused-ring (bicyclic) bond motifs is 1. The maximum Gasteiger partial charge on any atom is 0.355 e. The maximum absolute atomic E-state index is 12.8. The van der Waals surface area contributed by atoms with E-state index in [0.29, 0.717) is 17.9 Å². The molecule has 1 unspecified atom stereocenters. The van der Waals surface area contributed by atoms with E-state index in [4.69, 9.17) is 14.3 Å². The van der Waals surface area contributed by atoms with E-state index in [1.165, 1.54) is 59.8 Å². The Morgan fingerprint density at radius 2 is 2.11 bits per heavy atom. The molecule has 2 atom stereocenters. The average Bonchev–Trinajstić information content (AvgIpc) is 2.88. The number of hydrogen-bond donors (Lipinski definition) is 1. The van der Waals surface area contributed by atoms with E-state index in [1.807, 2.05) is 0 Å². The molecule has 3 heterocycles. The number of nitrogens with one attached hydrogen (secondary N) is 1. The van der Waals surface area contributed by atoms with Crippen LogP contribution in [0.1, 0.15) is 5.56 Å². The van der Waals surface area contributed by atoms with E-state index >= 15 is 0 Å². The minimum Gasteiger partial charge on any atom is -0.490 e. The summed E-state index contributed by atoms with van der Waals surface area (Å²) in [5, 5.41) is 18.3. The molecule has 1 N–H and O–H groups in total. The average molecular weight is 521 g/mol. The number of nitrogens with zero attached hydrogens (tertiary/aromatic N) is 3. The van der Waals surface area contributed by atoms with Gasteiger partial charge in [0.1, 0.15) is 30.8 Å². The normalized spacial score (nSPS) is 21.5. The largest absolute Gasteiger partial charge is 0.490 e. The first-order valence-corrected chi connectivity index (χ1v) is 12.4. The van der Waals surface area contributed by atoms with Gasteiger partial charge in [0.25, 0.3) is 17.5 Å². The molecule has 1 aromatic carbocycles. The number of nitro groups is 1. The van der Waals surface area contributed by atoms with Gasteiger partial charge in [-0.2, -0.15) is 0 Å². The zero-order valence-electron chi connectivity index (χ0n) is 18.4. The van der Waals surface area contributed by atoms with E-state index in [1.54, 1.807) is 11.5 Å². The summed E-state index contributed by atoms with van der Waals surface area (Å²) in [5.74, 6) is -0.348. The molecule has 0 aromatic heterocycles. The molecule has 0 aliphatic carbocycles. The van der Waals surface area contributed by atoms with E-state index in [9.17, 15) is 24.5 Å². The number of thioether (sulfide) groups is 2. The molecule has 184 valence electrons. The van der Waals surface area contributed by atoms with Gasteiger partial charge in [-0.15, -0.1) is 23.5 Å². The van der Waals surface area contributed by atoms with Gasteiger partial charge in [-0.25, -0.2) is 4.79 Å². The molecule has 4 rings (SSSR count). The SMILES string of the molecule is CON=C(C(=O)NC1C(=O)N2C(C(=O)OCc3ccc([N+](=O)[O-])cc3)=CCS[C@@H]12)C1=CSCCO1. The number of ether oxygens (including phenoxy) is 2. The monoisotopic (exact) mass is 520 g/mol. The Morgan fingerprint density at radius 3 is 2.77 bits per heavy atom. The first-order valence-electron chi connectivity index (χ1n) is 10.3. The number of esters is 1. The lowest BCUT2D eigenvalue weighted by atomic mass is 10.0. The summed E-state index contributed by atoms with van der Waals surface area (Å²) in [5.41, 5.74) is 0.503. The molecule has 0 bridgehead atoms. The Balaban J connectivity index is 1.37. The molecule has 1 aromatic rings. The molecule has 3 aliphatic heterocycles. The summed E-state index contributed by atoms with van der Waals surface area (Å²) in [7, 11) is 1.30. The van der Waals surface area contributed by atoms with Crippen molar-refractivity contribution in [2.75, 3.05) is 25.2 Å². The first kappa shape index (κ1) is 24.6. The number of nitro benzene ring substituents is 1. The fourth-order valence-electron chi connectivity index (χ4n) is 3.46. The Morgan fingerprint density at radius 1 is 1.34 bits per heavy atom. The van der Waals surface area contributed by atoms with Gasteiger partial charge < -0.3 is 19.6 Å². The first-order chi connectivity index (χ1) is 16.9. The maximum atomic E-state index is 12.8. The van der Waals surface area contributed by atoms with Crippen LogP contribution in [0.2, 0.25) is 0 Å². The Labute approximate surface area is 207 Å². The minimum absolute atomic E-state index is 0.0713. The van der Waals surface area contributed by atoms with Crippen molar-refractivity contribution in [3.05, 3.63) is 62.9 Å². The molecule has 12 nitrogen and oxygen atoms in total. The Bertz CT molecular complexity index is 1130. The lowest BCUT2D eigenvalue weighted by molar-refractivity contribution is -0.384. The molecule has 3 aliphatic rings. The van der Waals surface area contributed by atoms with Crippen LogP contribution in [-0.2, 0) is 35.3 Å². The van der Waals surface area contributed by atoms with E-state index < -0.39 is 34.1 Å². The highest BCUT2D eigenvalue weighted by Gasteiger charge is 2.53. The van der Waals surface area contributed by atoms with Gasteiger partial charge in [0.15, 0.2) is 5.76 Å². The van der Waals surface area contributed by atoms with Crippen LogP contribution >= 0.6 is 23.5 Å². The van der Waals surface area contributed by atoms with Crippen LogP contribution in [0.5, 0.6) is 0 Å². The molecule has 1 fully saturated rings. The standard InChI is InChI=1S/C21H20N4O8S2/c1-31-23-16(15-11-34-9-7-32-15)18(26)22-17-19(27)24-14(6-8-35-20(17)24)21(28)33-10-12-2-4-13(5-3-12)25(29)30/h2-6,11,17,20H,7-10H2,1H3,(H,22,26)/t17?,20-/m0/s1. The van der Waals surface area contributed by atoms with Crippen LogP contribution in [0.25, 0.3) is 0 Å². The summed E-state index contributed by atoms with van der Waals surface area (Å²) in [6, 6.07) is 4.75. The second-order valence-corrected chi connectivity index (χ2v) is 9.42. The number of non-ortho nitro benzene ring substituents is 1. The van der Waals surface area contributed by atoms with Crippen molar-refractivity contribution in [2.45, 2.75) is 18.0 Å². The van der Waals surface area contributed by atoms with Gasteiger partial charge in [0.05, 0.1) is 11.5 Å². The third-order valence-corrected chi connectivity index (χ3v) is 7.11. The van der Waals surface area contributed by atoms with Crippen molar-refractivity contribution in [2.24, 2.45) is 5.16 Å². The Kier molecular flexibility index (Phi) is 7.60. The molecule has 1 saturated heterocycles. The highest BCUT2D eigenvalue weighted by atomic mass is 32.2. The second kappa shape index (κ2) is 10.8.